The Hall–Kier alpha value is -1.84. The number of nitrogens with two attached hydrogens (primary N) is 1. The number of nitrogen functional groups attached to an aromatic ring is 1. The number of hydrogen-bond donors (Lipinski definition) is 1. The summed E-state index contributed by atoms with van der Waals surface area (Å²) in [7, 11) is 0. The van der Waals surface area contributed by atoms with Crippen molar-refractivity contribution in [1.82, 2.24) is 14.8 Å². The molecule has 0 aliphatic heterocycles. The largest absolute Gasteiger partial charge is 0.398 e. The fourth-order valence-electron chi connectivity index (χ4n) is 1.70. The second-order valence-electron chi connectivity index (χ2n) is 4.35. The first-order chi connectivity index (χ1) is 7.74. The summed E-state index contributed by atoms with van der Waals surface area (Å²) < 4.78 is 1.95. The molecule has 0 radical (unpaired) electrons. The van der Waals surface area contributed by atoms with Crippen LogP contribution in [0.4, 0.5) is 5.69 Å². The van der Waals surface area contributed by atoms with Gasteiger partial charge in [-0.05, 0) is 31.4 Å². The number of anilines is 1. The molecule has 1 aliphatic carbocycles. The molecular formula is C12H14N4. The Bertz CT molecular complexity index is 526. The summed E-state index contributed by atoms with van der Waals surface area (Å²) in [6.07, 6.45) is 4.25. The zero-order valence-electron chi connectivity index (χ0n) is 9.22. The van der Waals surface area contributed by atoms with Crippen molar-refractivity contribution in [2.75, 3.05) is 5.73 Å². The second kappa shape index (κ2) is 3.33. The molecule has 82 valence electrons. The highest BCUT2D eigenvalue weighted by Gasteiger charge is 2.24. The molecule has 2 aromatic rings. The lowest BCUT2D eigenvalue weighted by Crippen LogP contribution is -1.94. The van der Waals surface area contributed by atoms with Gasteiger partial charge in [0.15, 0.2) is 5.82 Å². The number of hydrogen-bond acceptors (Lipinski definition) is 3. The van der Waals surface area contributed by atoms with Crippen LogP contribution in [-0.2, 0) is 0 Å². The van der Waals surface area contributed by atoms with Crippen molar-refractivity contribution in [3.05, 3.63) is 30.1 Å². The average Bonchev–Trinajstić information content (AvgIpc) is 3.01. The third-order valence-electron chi connectivity index (χ3n) is 2.97. The maximum absolute atomic E-state index is 5.87. The molecular weight excluding hydrogens is 200 g/mol. The highest BCUT2D eigenvalue weighted by atomic mass is 15.4. The van der Waals surface area contributed by atoms with E-state index in [1.165, 1.54) is 12.8 Å². The third-order valence-corrected chi connectivity index (χ3v) is 2.97. The van der Waals surface area contributed by atoms with Crippen molar-refractivity contribution in [3.63, 3.8) is 0 Å². The van der Waals surface area contributed by atoms with E-state index in [0.717, 1.165) is 22.6 Å². The van der Waals surface area contributed by atoms with E-state index in [4.69, 9.17) is 5.73 Å². The maximum atomic E-state index is 5.87. The molecule has 4 nitrogen and oxygen atoms in total. The van der Waals surface area contributed by atoms with E-state index in [-0.39, 0.29) is 0 Å². The molecule has 1 saturated carbocycles. The van der Waals surface area contributed by atoms with Crippen LogP contribution in [0.2, 0.25) is 0 Å². The van der Waals surface area contributed by atoms with Gasteiger partial charge in [-0.1, -0.05) is 12.1 Å². The normalized spacial score (nSPS) is 15.3. The van der Waals surface area contributed by atoms with E-state index in [2.05, 4.69) is 10.1 Å². The van der Waals surface area contributed by atoms with Crippen LogP contribution in [0, 0.1) is 6.92 Å². The summed E-state index contributed by atoms with van der Waals surface area (Å²) in [6, 6.07) is 6.52. The van der Waals surface area contributed by atoms with Gasteiger partial charge in [-0.25, -0.2) is 9.67 Å². The Balaban J connectivity index is 1.97. The predicted molar refractivity (Wildman–Crippen MR) is 62.9 cm³/mol. The quantitative estimate of drug-likeness (QED) is 0.779. The second-order valence-corrected chi connectivity index (χ2v) is 4.35. The molecule has 0 atom stereocenters. The highest BCUT2D eigenvalue weighted by Crippen LogP contribution is 2.34. The van der Waals surface area contributed by atoms with Crippen LogP contribution in [0.25, 0.3) is 11.4 Å². The van der Waals surface area contributed by atoms with Gasteiger partial charge in [-0.2, -0.15) is 5.10 Å². The maximum Gasteiger partial charge on any atom is 0.181 e. The zero-order chi connectivity index (χ0) is 11.1. The van der Waals surface area contributed by atoms with Gasteiger partial charge in [-0.15, -0.1) is 0 Å². The summed E-state index contributed by atoms with van der Waals surface area (Å²) in [6.45, 7) is 2.00. The fraction of sp³-hybridized carbons (Fsp3) is 0.333. The molecule has 2 N–H and O–H groups in total. The third kappa shape index (κ3) is 1.56. The van der Waals surface area contributed by atoms with Crippen molar-refractivity contribution >= 4 is 5.69 Å². The average molecular weight is 214 g/mol. The molecule has 1 fully saturated rings. The van der Waals surface area contributed by atoms with Gasteiger partial charge in [0.05, 0.1) is 6.04 Å². The van der Waals surface area contributed by atoms with Crippen molar-refractivity contribution in [2.45, 2.75) is 25.8 Å². The minimum Gasteiger partial charge on any atom is -0.398 e. The van der Waals surface area contributed by atoms with Gasteiger partial charge in [0.25, 0.3) is 0 Å². The van der Waals surface area contributed by atoms with Crippen LogP contribution in [0.15, 0.2) is 24.5 Å². The van der Waals surface area contributed by atoms with Gasteiger partial charge in [0.1, 0.15) is 6.33 Å². The molecule has 0 saturated heterocycles. The summed E-state index contributed by atoms with van der Waals surface area (Å²) in [5, 5.41) is 4.46. The molecule has 3 rings (SSSR count). The molecule has 1 aromatic heterocycles. The van der Waals surface area contributed by atoms with Crippen LogP contribution in [-0.4, -0.2) is 14.8 Å². The fourth-order valence-corrected chi connectivity index (χ4v) is 1.70. The Morgan fingerprint density at radius 3 is 2.88 bits per heavy atom. The van der Waals surface area contributed by atoms with Crippen LogP contribution < -0.4 is 5.73 Å². The number of rotatable bonds is 2. The zero-order valence-corrected chi connectivity index (χ0v) is 9.22. The molecule has 16 heavy (non-hydrogen) atoms. The van der Waals surface area contributed by atoms with Gasteiger partial charge in [0.2, 0.25) is 0 Å². The molecule has 0 spiro atoms. The van der Waals surface area contributed by atoms with Gasteiger partial charge < -0.3 is 5.73 Å². The summed E-state index contributed by atoms with van der Waals surface area (Å²) >= 11 is 0. The molecule has 0 unspecified atom stereocenters. The van der Waals surface area contributed by atoms with E-state index < -0.39 is 0 Å². The van der Waals surface area contributed by atoms with E-state index >= 15 is 0 Å². The Labute approximate surface area is 94.1 Å². The Kier molecular flexibility index (Phi) is 1.96. The van der Waals surface area contributed by atoms with Gasteiger partial charge in [-0.3, -0.25) is 0 Å². The lowest BCUT2D eigenvalue weighted by molar-refractivity contribution is 0.641. The molecule has 1 aliphatic rings. The number of aromatic nitrogens is 3. The van der Waals surface area contributed by atoms with Crippen molar-refractivity contribution in [1.29, 1.82) is 0 Å². The smallest absolute Gasteiger partial charge is 0.181 e. The highest BCUT2D eigenvalue weighted by molar-refractivity contribution is 5.63. The first-order valence-corrected chi connectivity index (χ1v) is 5.52. The minimum absolute atomic E-state index is 0.573. The van der Waals surface area contributed by atoms with Crippen molar-refractivity contribution < 1.29 is 0 Å². The number of aryl methyl sites for hydroxylation is 1. The van der Waals surface area contributed by atoms with Crippen LogP contribution in [0.5, 0.6) is 0 Å². The Morgan fingerprint density at radius 2 is 2.19 bits per heavy atom. The number of nitrogens with zero attached hydrogens (tertiary/aromatic N) is 3. The Morgan fingerprint density at radius 1 is 1.38 bits per heavy atom. The summed E-state index contributed by atoms with van der Waals surface area (Å²) in [4.78, 5) is 4.31. The van der Waals surface area contributed by atoms with E-state index in [0.29, 0.717) is 6.04 Å². The van der Waals surface area contributed by atoms with E-state index in [1.54, 1.807) is 0 Å². The monoisotopic (exact) mass is 214 g/mol. The minimum atomic E-state index is 0.573. The molecule has 1 heterocycles. The van der Waals surface area contributed by atoms with E-state index in [1.807, 2.05) is 36.1 Å². The predicted octanol–water partition coefficient (Wildman–Crippen LogP) is 2.17. The molecule has 4 heteroatoms. The summed E-state index contributed by atoms with van der Waals surface area (Å²) in [5.74, 6) is 0.763. The van der Waals surface area contributed by atoms with Crippen molar-refractivity contribution in [3.8, 4) is 11.4 Å². The van der Waals surface area contributed by atoms with Crippen LogP contribution in [0.1, 0.15) is 24.4 Å². The topological polar surface area (TPSA) is 56.7 Å². The van der Waals surface area contributed by atoms with Gasteiger partial charge in [0, 0.05) is 11.3 Å². The van der Waals surface area contributed by atoms with Crippen molar-refractivity contribution in [2.24, 2.45) is 0 Å². The van der Waals surface area contributed by atoms with E-state index in [9.17, 15) is 0 Å². The lowest BCUT2D eigenvalue weighted by Gasteiger charge is -2.01. The standard InChI is InChI=1S/C12H14N4/c1-8-2-3-9(6-11(8)13)12-14-7-16(15-12)10-4-5-10/h2-3,6-7,10H,4-5,13H2,1H3. The first kappa shape index (κ1) is 9.39. The first-order valence-electron chi connectivity index (χ1n) is 5.52. The molecule has 1 aromatic carbocycles. The summed E-state index contributed by atoms with van der Waals surface area (Å²) in [5.41, 5.74) is 8.74. The number of benzene rings is 1. The molecule has 0 amide bonds. The lowest BCUT2D eigenvalue weighted by atomic mass is 10.1. The molecule has 0 bridgehead atoms. The van der Waals surface area contributed by atoms with Crippen LogP contribution >= 0.6 is 0 Å². The van der Waals surface area contributed by atoms with Gasteiger partial charge >= 0.3 is 0 Å². The SMILES string of the molecule is Cc1ccc(-c2ncn(C3CC3)n2)cc1N. The van der Waals surface area contributed by atoms with Crippen LogP contribution in [0.3, 0.4) is 0 Å².